The second kappa shape index (κ2) is 7.65. The first-order valence-electron chi connectivity index (χ1n) is 9.27. The van der Waals surface area contributed by atoms with E-state index < -0.39 is 0 Å². The van der Waals surface area contributed by atoms with Crippen LogP contribution in [0.15, 0.2) is 54.7 Å². The molecule has 0 saturated carbocycles. The lowest BCUT2D eigenvalue weighted by atomic mass is 10.3. The molecule has 2 aliphatic heterocycles. The average molecular weight is 365 g/mol. The molecule has 1 aromatic carbocycles. The van der Waals surface area contributed by atoms with Crippen LogP contribution >= 0.6 is 0 Å². The maximum atomic E-state index is 12.7. The summed E-state index contributed by atoms with van der Waals surface area (Å²) in [7, 11) is 0. The van der Waals surface area contributed by atoms with E-state index in [9.17, 15) is 9.59 Å². The number of rotatable bonds is 4. The highest BCUT2D eigenvalue weighted by molar-refractivity contribution is 5.96. The van der Waals surface area contributed by atoms with Gasteiger partial charge >= 0.3 is 6.03 Å². The number of pyridine rings is 1. The smallest absolute Gasteiger partial charge is 0.325 e. The number of hydrogen-bond donors (Lipinski definition) is 0. The number of nitrogens with zero attached hydrogens (tertiary/aromatic N) is 5. The summed E-state index contributed by atoms with van der Waals surface area (Å²) >= 11 is 0. The molecule has 0 N–H and O–H groups in total. The van der Waals surface area contributed by atoms with Gasteiger partial charge in [-0.3, -0.25) is 9.69 Å². The van der Waals surface area contributed by atoms with Gasteiger partial charge in [-0.05, 0) is 24.3 Å². The Morgan fingerprint density at radius 3 is 2.33 bits per heavy atom. The number of urea groups is 1. The van der Waals surface area contributed by atoms with Crippen LogP contribution in [-0.4, -0.2) is 72.5 Å². The predicted molar refractivity (Wildman–Crippen MR) is 104 cm³/mol. The molecule has 0 aliphatic carbocycles. The molecule has 0 bridgehead atoms. The van der Waals surface area contributed by atoms with Crippen molar-refractivity contribution in [2.24, 2.45) is 0 Å². The van der Waals surface area contributed by atoms with Gasteiger partial charge in [-0.2, -0.15) is 0 Å². The number of amides is 3. The predicted octanol–water partition coefficient (Wildman–Crippen LogP) is 1.67. The molecule has 2 saturated heterocycles. The van der Waals surface area contributed by atoms with E-state index in [-0.39, 0.29) is 18.5 Å². The molecule has 27 heavy (non-hydrogen) atoms. The third kappa shape index (κ3) is 3.72. The molecular formula is C20H23N5O2. The molecule has 2 fully saturated rings. The van der Waals surface area contributed by atoms with Gasteiger partial charge in [-0.1, -0.05) is 24.3 Å². The summed E-state index contributed by atoms with van der Waals surface area (Å²) in [5, 5.41) is 0. The summed E-state index contributed by atoms with van der Waals surface area (Å²) in [5.41, 5.74) is 0.876. The van der Waals surface area contributed by atoms with Gasteiger partial charge in [-0.15, -0.1) is 0 Å². The number of piperazine rings is 1. The van der Waals surface area contributed by atoms with Gasteiger partial charge in [0.1, 0.15) is 12.4 Å². The highest BCUT2D eigenvalue weighted by Gasteiger charge is 2.32. The second-order valence-corrected chi connectivity index (χ2v) is 6.75. The molecular weight excluding hydrogens is 342 g/mol. The van der Waals surface area contributed by atoms with Gasteiger partial charge in [0, 0.05) is 51.2 Å². The van der Waals surface area contributed by atoms with Crippen LogP contribution < -0.4 is 9.80 Å². The number of benzene rings is 1. The largest absolute Gasteiger partial charge is 0.353 e. The number of para-hydroxylation sites is 1. The Bertz CT molecular complexity index is 791. The van der Waals surface area contributed by atoms with Crippen molar-refractivity contribution < 1.29 is 9.59 Å². The van der Waals surface area contributed by atoms with Crippen molar-refractivity contribution in [3.63, 3.8) is 0 Å². The van der Waals surface area contributed by atoms with Crippen molar-refractivity contribution >= 4 is 23.4 Å². The van der Waals surface area contributed by atoms with E-state index in [1.165, 1.54) is 0 Å². The molecule has 0 radical (unpaired) electrons. The summed E-state index contributed by atoms with van der Waals surface area (Å²) in [6.45, 7) is 4.15. The summed E-state index contributed by atoms with van der Waals surface area (Å²) in [5.74, 6) is 0.955. The van der Waals surface area contributed by atoms with Crippen LogP contribution in [0.2, 0.25) is 0 Å². The monoisotopic (exact) mass is 365 g/mol. The zero-order chi connectivity index (χ0) is 18.6. The fourth-order valence-corrected chi connectivity index (χ4v) is 3.57. The van der Waals surface area contributed by atoms with Crippen LogP contribution in [0.5, 0.6) is 0 Å². The molecule has 3 amide bonds. The Morgan fingerprint density at radius 1 is 0.889 bits per heavy atom. The van der Waals surface area contributed by atoms with Gasteiger partial charge in [0.05, 0.1) is 0 Å². The summed E-state index contributed by atoms with van der Waals surface area (Å²) in [6.07, 6.45) is 1.78. The standard InChI is InChI=1S/C20H23N5O2/c26-19(23-12-10-22(11-13-23)18-8-4-5-9-21-18)16-24-14-15-25(20(24)27)17-6-2-1-3-7-17/h1-9H,10-16H2. The van der Waals surface area contributed by atoms with Gasteiger partial charge in [0.15, 0.2) is 0 Å². The third-order valence-electron chi connectivity index (χ3n) is 5.09. The van der Waals surface area contributed by atoms with Gasteiger partial charge in [0.25, 0.3) is 0 Å². The summed E-state index contributed by atoms with van der Waals surface area (Å²) < 4.78 is 0. The van der Waals surface area contributed by atoms with Gasteiger partial charge in [0.2, 0.25) is 5.91 Å². The van der Waals surface area contributed by atoms with Crippen LogP contribution in [0, 0.1) is 0 Å². The molecule has 2 aliphatic rings. The Balaban J connectivity index is 1.31. The van der Waals surface area contributed by atoms with Crippen LogP contribution in [0.4, 0.5) is 16.3 Å². The van der Waals surface area contributed by atoms with Crippen LogP contribution in [0.25, 0.3) is 0 Å². The number of carbonyl (C=O) groups is 2. The van der Waals surface area contributed by atoms with E-state index in [0.717, 1.165) is 24.6 Å². The minimum Gasteiger partial charge on any atom is -0.353 e. The Labute approximate surface area is 158 Å². The first-order chi connectivity index (χ1) is 13.2. The Kier molecular flexibility index (Phi) is 4.91. The van der Waals surface area contributed by atoms with Crippen molar-refractivity contribution in [2.45, 2.75) is 0 Å². The van der Waals surface area contributed by atoms with E-state index in [1.807, 2.05) is 53.4 Å². The van der Waals surface area contributed by atoms with E-state index in [2.05, 4.69) is 9.88 Å². The van der Waals surface area contributed by atoms with Crippen molar-refractivity contribution in [1.82, 2.24) is 14.8 Å². The molecule has 0 atom stereocenters. The minimum absolute atomic E-state index is 0.0129. The highest BCUT2D eigenvalue weighted by atomic mass is 16.2. The summed E-state index contributed by atoms with van der Waals surface area (Å²) in [4.78, 5) is 37.1. The van der Waals surface area contributed by atoms with Crippen molar-refractivity contribution in [1.29, 1.82) is 0 Å². The maximum absolute atomic E-state index is 12.7. The molecule has 4 rings (SSSR count). The molecule has 1 aromatic heterocycles. The minimum atomic E-state index is -0.0957. The highest BCUT2D eigenvalue weighted by Crippen LogP contribution is 2.20. The SMILES string of the molecule is O=C(CN1CCN(c2ccccc2)C1=O)N1CCN(c2ccccn2)CC1. The van der Waals surface area contributed by atoms with Gasteiger partial charge < -0.3 is 14.7 Å². The number of hydrogen-bond acceptors (Lipinski definition) is 4. The molecule has 2 aromatic rings. The maximum Gasteiger partial charge on any atom is 0.325 e. The van der Waals surface area contributed by atoms with Crippen molar-refractivity contribution in [3.05, 3.63) is 54.7 Å². The molecule has 0 spiro atoms. The molecule has 0 unspecified atom stereocenters. The fraction of sp³-hybridized carbons (Fsp3) is 0.350. The van der Waals surface area contributed by atoms with Gasteiger partial charge in [-0.25, -0.2) is 9.78 Å². The van der Waals surface area contributed by atoms with Crippen LogP contribution in [-0.2, 0) is 4.79 Å². The van der Waals surface area contributed by atoms with Crippen molar-refractivity contribution in [3.8, 4) is 0 Å². The molecule has 3 heterocycles. The second-order valence-electron chi connectivity index (χ2n) is 6.75. The lowest BCUT2D eigenvalue weighted by Crippen LogP contribution is -2.51. The normalized spacial score (nSPS) is 17.6. The van der Waals surface area contributed by atoms with E-state index >= 15 is 0 Å². The summed E-state index contributed by atoms with van der Waals surface area (Å²) in [6, 6.07) is 15.3. The molecule has 7 heteroatoms. The van der Waals surface area contributed by atoms with Crippen molar-refractivity contribution in [2.75, 3.05) is 55.6 Å². The van der Waals surface area contributed by atoms with E-state index in [0.29, 0.717) is 26.2 Å². The molecule has 7 nitrogen and oxygen atoms in total. The average Bonchev–Trinajstić information content (AvgIpc) is 3.09. The van der Waals surface area contributed by atoms with E-state index in [4.69, 9.17) is 0 Å². The first-order valence-corrected chi connectivity index (χ1v) is 9.27. The zero-order valence-corrected chi connectivity index (χ0v) is 15.2. The topological polar surface area (TPSA) is 60.0 Å². The Hall–Kier alpha value is -3.09. The zero-order valence-electron chi connectivity index (χ0n) is 15.2. The third-order valence-corrected chi connectivity index (χ3v) is 5.09. The fourth-order valence-electron chi connectivity index (χ4n) is 3.57. The first kappa shape index (κ1) is 17.3. The number of carbonyl (C=O) groups excluding carboxylic acids is 2. The number of aromatic nitrogens is 1. The van der Waals surface area contributed by atoms with E-state index in [1.54, 1.807) is 16.0 Å². The number of anilines is 2. The quantitative estimate of drug-likeness (QED) is 0.827. The lowest BCUT2D eigenvalue weighted by molar-refractivity contribution is -0.131. The lowest BCUT2D eigenvalue weighted by Gasteiger charge is -2.36. The van der Waals surface area contributed by atoms with Crippen LogP contribution in [0.3, 0.4) is 0 Å². The van der Waals surface area contributed by atoms with Crippen LogP contribution in [0.1, 0.15) is 0 Å². The molecule has 140 valence electrons. The Morgan fingerprint density at radius 2 is 1.63 bits per heavy atom.